The lowest BCUT2D eigenvalue weighted by Crippen LogP contribution is -2.45. The third-order valence-electron chi connectivity index (χ3n) is 10.7. The van der Waals surface area contributed by atoms with Gasteiger partial charge in [-0.25, -0.2) is 19.4 Å². The van der Waals surface area contributed by atoms with E-state index in [9.17, 15) is 14.4 Å². The number of benzene rings is 6. The van der Waals surface area contributed by atoms with Crippen LogP contribution in [0.4, 0.5) is 4.79 Å². The molecule has 0 fully saturated rings. The van der Waals surface area contributed by atoms with Gasteiger partial charge in [-0.15, -0.1) is 0 Å². The van der Waals surface area contributed by atoms with Crippen LogP contribution in [0.15, 0.2) is 176 Å². The van der Waals surface area contributed by atoms with Gasteiger partial charge in [-0.3, -0.25) is 0 Å². The molecule has 0 unspecified atom stereocenters. The monoisotopic (exact) mass is 767 g/mol. The number of amides is 1. The van der Waals surface area contributed by atoms with Gasteiger partial charge in [0.25, 0.3) is 0 Å². The fraction of sp³-hybridized carbons (Fsp3) is 0.143. The Bertz CT molecular complexity index is 2380. The molecular formula is C49H41N3O6. The number of hydrogen-bond donors (Lipinski definition) is 1. The lowest BCUT2D eigenvalue weighted by Gasteiger charge is -2.39. The average Bonchev–Trinajstić information content (AvgIpc) is 3.88. The van der Waals surface area contributed by atoms with Crippen molar-refractivity contribution in [3.63, 3.8) is 0 Å². The third-order valence-corrected chi connectivity index (χ3v) is 10.7. The minimum absolute atomic E-state index is 0.0263. The van der Waals surface area contributed by atoms with Gasteiger partial charge < -0.3 is 24.1 Å². The van der Waals surface area contributed by atoms with E-state index in [1.54, 1.807) is 36.8 Å². The van der Waals surface area contributed by atoms with Crippen LogP contribution in [0.1, 0.15) is 55.4 Å². The summed E-state index contributed by atoms with van der Waals surface area (Å²) >= 11 is 0. The molecule has 58 heavy (non-hydrogen) atoms. The zero-order valence-electron chi connectivity index (χ0n) is 31.9. The predicted octanol–water partition coefficient (Wildman–Crippen LogP) is 8.70. The van der Waals surface area contributed by atoms with E-state index in [0.717, 1.165) is 38.9 Å². The van der Waals surface area contributed by atoms with Gasteiger partial charge in [-0.1, -0.05) is 152 Å². The normalized spacial score (nSPS) is 12.5. The van der Waals surface area contributed by atoms with E-state index in [1.165, 1.54) is 7.11 Å². The van der Waals surface area contributed by atoms with Crippen LogP contribution in [-0.4, -0.2) is 47.3 Å². The maximum Gasteiger partial charge on any atom is 0.407 e. The molecule has 7 aromatic rings. The topological polar surface area (TPSA) is 109 Å². The summed E-state index contributed by atoms with van der Waals surface area (Å²) in [6.45, 7) is -0.0182. The highest BCUT2D eigenvalue weighted by Gasteiger charge is 2.40. The Kier molecular flexibility index (Phi) is 10.9. The number of alkyl carbamates (subject to hydrolysis) is 1. The summed E-state index contributed by atoms with van der Waals surface area (Å²) in [5.74, 6) is -1.30. The molecule has 1 heterocycles. The molecule has 1 aliphatic rings. The molecule has 0 bridgehead atoms. The first-order chi connectivity index (χ1) is 28.5. The first-order valence-corrected chi connectivity index (χ1v) is 19.1. The quantitative estimate of drug-likeness (QED) is 0.0711. The summed E-state index contributed by atoms with van der Waals surface area (Å²) in [6.07, 6.45) is 2.76. The highest BCUT2D eigenvalue weighted by atomic mass is 16.6. The van der Waals surface area contributed by atoms with Crippen LogP contribution in [0, 0.1) is 0 Å². The van der Waals surface area contributed by atoms with Crippen molar-refractivity contribution in [1.29, 1.82) is 0 Å². The molecule has 9 nitrogen and oxygen atoms in total. The molecule has 1 aliphatic carbocycles. The summed E-state index contributed by atoms with van der Waals surface area (Å²) < 4.78 is 18.7. The summed E-state index contributed by atoms with van der Waals surface area (Å²) in [6, 6.07) is 52.1. The molecule has 1 aromatic heterocycles. The summed E-state index contributed by atoms with van der Waals surface area (Å²) in [5, 5.41) is 2.85. The highest BCUT2D eigenvalue weighted by molar-refractivity contribution is 5.89. The average molecular weight is 768 g/mol. The van der Waals surface area contributed by atoms with Crippen molar-refractivity contribution in [3.05, 3.63) is 221 Å². The van der Waals surface area contributed by atoms with Crippen LogP contribution in [0.25, 0.3) is 11.1 Å². The molecule has 1 atom stereocenters. The first-order valence-electron chi connectivity index (χ1n) is 19.1. The Morgan fingerprint density at radius 1 is 0.672 bits per heavy atom. The van der Waals surface area contributed by atoms with Crippen LogP contribution in [0.5, 0.6) is 0 Å². The van der Waals surface area contributed by atoms with Gasteiger partial charge in [0, 0.05) is 24.2 Å². The van der Waals surface area contributed by atoms with E-state index in [0.29, 0.717) is 16.8 Å². The van der Waals surface area contributed by atoms with Crippen molar-refractivity contribution in [1.82, 2.24) is 14.9 Å². The van der Waals surface area contributed by atoms with Crippen molar-refractivity contribution in [2.45, 2.75) is 30.5 Å². The smallest absolute Gasteiger partial charge is 0.407 e. The molecule has 0 aliphatic heterocycles. The number of esters is 2. The molecule has 0 radical (unpaired) electrons. The Morgan fingerprint density at radius 2 is 1.19 bits per heavy atom. The third kappa shape index (κ3) is 7.37. The molecule has 6 aromatic carbocycles. The Hall–Kier alpha value is -7.26. The van der Waals surface area contributed by atoms with Crippen molar-refractivity contribution < 1.29 is 28.6 Å². The van der Waals surface area contributed by atoms with Gasteiger partial charge >= 0.3 is 18.0 Å². The SMILES string of the molecule is COC(=O)c1ccc(COC(=O)[C@H](Cc2cncn2C(c2ccccc2)(c2ccccc2)c2ccccc2)NC(=O)OCC2c3ccccc3-c3ccccc32)cc1. The van der Waals surface area contributed by atoms with E-state index >= 15 is 0 Å². The van der Waals surface area contributed by atoms with Crippen molar-refractivity contribution in [2.24, 2.45) is 0 Å². The molecular weight excluding hydrogens is 727 g/mol. The highest BCUT2D eigenvalue weighted by Crippen LogP contribution is 2.45. The Labute approximate surface area is 336 Å². The number of carbonyl (C=O) groups excluding carboxylic acids is 3. The van der Waals surface area contributed by atoms with Gasteiger partial charge in [0.05, 0.1) is 19.0 Å². The van der Waals surface area contributed by atoms with Gasteiger partial charge in [0.2, 0.25) is 0 Å². The lowest BCUT2D eigenvalue weighted by atomic mass is 9.76. The number of aromatic nitrogens is 2. The van der Waals surface area contributed by atoms with Crippen LogP contribution >= 0.6 is 0 Å². The van der Waals surface area contributed by atoms with Gasteiger partial charge in [-0.05, 0) is 56.6 Å². The van der Waals surface area contributed by atoms with Crippen molar-refractivity contribution >= 4 is 18.0 Å². The zero-order valence-corrected chi connectivity index (χ0v) is 31.9. The summed E-state index contributed by atoms with van der Waals surface area (Å²) in [5.41, 5.74) is 8.10. The summed E-state index contributed by atoms with van der Waals surface area (Å²) in [4.78, 5) is 44.6. The van der Waals surface area contributed by atoms with E-state index in [1.807, 2.05) is 78.9 Å². The minimum atomic E-state index is -1.17. The standard InChI is InChI=1S/C49H41N3O6/c1-56-46(53)35-27-25-34(26-28-35)31-57-47(54)45(51-48(55)58-32-44-42-23-13-11-21-40(42)41-22-12-14-24-43(41)44)29-39-30-50-33-52(39)49(36-15-5-2-6-16-36,37-17-7-3-8-18-37)38-19-9-4-10-20-38/h2-28,30,33,44-45H,29,31-32H2,1H3,(H,51,55)/t45-/m0/s1. The maximum atomic E-state index is 14.2. The molecule has 0 saturated heterocycles. The molecule has 288 valence electrons. The van der Waals surface area contributed by atoms with Gasteiger partial charge in [0.15, 0.2) is 0 Å². The number of nitrogens with one attached hydrogen (secondary N) is 1. The number of rotatable bonds is 13. The Balaban J connectivity index is 1.12. The van der Waals surface area contributed by atoms with Crippen LogP contribution < -0.4 is 5.32 Å². The Morgan fingerprint density at radius 3 is 1.72 bits per heavy atom. The number of imidazole rings is 1. The van der Waals surface area contributed by atoms with Gasteiger partial charge in [-0.2, -0.15) is 0 Å². The second-order valence-electron chi connectivity index (χ2n) is 14.1. The predicted molar refractivity (Wildman–Crippen MR) is 220 cm³/mol. The fourth-order valence-electron chi connectivity index (χ4n) is 8.03. The molecule has 9 heteroatoms. The van der Waals surface area contributed by atoms with Gasteiger partial charge in [0.1, 0.15) is 24.8 Å². The van der Waals surface area contributed by atoms with Crippen molar-refractivity contribution in [2.75, 3.05) is 13.7 Å². The maximum absolute atomic E-state index is 14.2. The van der Waals surface area contributed by atoms with E-state index in [2.05, 4.69) is 75.5 Å². The fourth-order valence-corrected chi connectivity index (χ4v) is 8.03. The number of carbonyl (C=O) groups is 3. The lowest BCUT2D eigenvalue weighted by molar-refractivity contribution is -0.147. The number of nitrogens with zero attached hydrogens (tertiary/aromatic N) is 2. The second kappa shape index (κ2) is 16.9. The second-order valence-corrected chi connectivity index (χ2v) is 14.1. The molecule has 8 rings (SSSR count). The van der Waals surface area contributed by atoms with Crippen LogP contribution in [0.3, 0.4) is 0 Å². The number of fused-ring (bicyclic) bond motifs is 3. The van der Waals surface area contributed by atoms with E-state index in [4.69, 9.17) is 14.2 Å². The number of hydrogen-bond acceptors (Lipinski definition) is 7. The number of methoxy groups -OCH3 is 1. The van der Waals surface area contributed by atoms with Crippen molar-refractivity contribution in [3.8, 4) is 11.1 Å². The van der Waals surface area contributed by atoms with Crippen LogP contribution in [-0.2, 0) is 37.6 Å². The van der Waals surface area contributed by atoms with E-state index < -0.39 is 29.6 Å². The molecule has 1 N–H and O–H groups in total. The molecule has 1 amide bonds. The van der Waals surface area contributed by atoms with E-state index in [-0.39, 0.29) is 25.6 Å². The zero-order chi connectivity index (χ0) is 39.9. The molecule has 0 saturated carbocycles. The minimum Gasteiger partial charge on any atom is -0.465 e. The molecule has 0 spiro atoms. The largest absolute Gasteiger partial charge is 0.465 e. The summed E-state index contributed by atoms with van der Waals surface area (Å²) in [7, 11) is 1.32. The number of ether oxygens (including phenoxy) is 3. The first kappa shape index (κ1) is 37.7. The van der Waals surface area contributed by atoms with Crippen LogP contribution in [0.2, 0.25) is 0 Å².